The van der Waals surface area contributed by atoms with E-state index in [2.05, 4.69) is 10.2 Å². The first-order valence-electron chi connectivity index (χ1n) is 8.04. The van der Waals surface area contributed by atoms with Gasteiger partial charge >= 0.3 is 0 Å². The Labute approximate surface area is 155 Å². The Bertz CT molecular complexity index is 855. The highest BCUT2D eigenvalue weighted by Crippen LogP contribution is 2.29. The van der Waals surface area contributed by atoms with E-state index in [1.807, 2.05) is 24.3 Å². The number of hydrogen-bond donors (Lipinski definition) is 1. The zero-order valence-corrected chi connectivity index (χ0v) is 15.1. The van der Waals surface area contributed by atoms with E-state index in [0.29, 0.717) is 29.1 Å². The first-order valence-corrected chi connectivity index (χ1v) is 9.02. The van der Waals surface area contributed by atoms with Crippen molar-refractivity contribution in [2.24, 2.45) is 0 Å². The van der Waals surface area contributed by atoms with Crippen molar-refractivity contribution in [2.45, 2.75) is 11.6 Å². The molecular weight excluding hydrogens is 355 g/mol. The van der Waals surface area contributed by atoms with Gasteiger partial charge in [0, 0.05) is 5.75 Å². The summed E-state index contributed by atoms with van der Waals surface area (Å²) in [5.74, 6) is 8.51. The molecule has 136 valence electrons. The fourth-order valence-electron chi connectivity index (χ4n) is 2.33. The number of methoxy groups -OCH3 is 1. The van der Waals surface area contributed by atoms with Gasteiger partial charge in [0.1, 0.15) is 17.3 Å². The first kappa shape index (κ1) is 18.1. The van der Waals surface area contributed by atoms with Crippen LogP contribution in [-0.4, -0.2) is 34.3 Å². The first-order chi connectivity index (χ1) is 12.7. The van der Waals surface area contributed by atoms with E-state index in [1.54, 1.807) is 19.2 Å². The van der Waals surface area contributed by atoms with Gasteiger partial charge in [-0.1, -0.05) is 23.9 Å². The average Bonchev–Trinajstić information content (AvgIpc) is 3.03. The minimum absolute atomic E-state index is 0.277. The summed E-state index contributed by atoms with van der Waals surface area (Å²) in [6, 6.07) is 13.5. The summed E-state index contributed by atoms with van der Waals surface area (Å²) >= 11 is 1.50. The SMILES string of the molecule is COc1ccccc1-c1nnc(SCCCOc2ccc(F)cc2)n1N. The van der Waals surface area contributed by atoms with Crippen molar-refractivity contribution in [3.05, 3.63) is 54.3 Å². The average molecular weight is 374 g/mol. The molecule has 1 aromatic heterocycles. The lowest BCUT2D eigenvalue weighted by Gasteiger charge is -2.08. The van der Waals surface area contributed by atoms with E-state index < -0.39 is 0 Å². The smallest absolute Gasteiger partial charge is 0.210 e. The van der Waals surface area contributed by atoms with Gasteiger partial charge in [-0.3, -0.25) is 0 Å². The van der Waals surface area contributed by atoms with Crippen molar-refractivity contribution < 1.29 is 13.9 Å². The second-order valence-electron chi connectivity index (χ2n) is 5.38. The maximum absolute atomic E-state index is 12.8. The predicted molar refractivity (Wildman–Crippen MR) is 99.4 cm³/mol. The number of benzene rings is 2. The summed E-state index contributed by atoms with van der Waals surface area (Å²) in [5, 5.41) is 8.93. The van der Waals surface area contributed by atoms with Crippen molar-refractivity contribution in [1.29, 1.82) is 0 Å². The van der Waals surface area contributed by atoms with Crippen LogP contribution < -0.4 is 15.3 Å². The van der Waals surface area contributed by atoms with Crippen molar-refractivity contribution in [2.75, 3.05) is 25.3 Å². The molecular formula is C18H19FN4O2S. The van der Waals surface area contributed by atoms with Gasteiger partial charge in [0.25, 0.3) is 0 Å². The number of para-hydroxylation sites is 1. The van der Waals surface area contributed by atoms with Gasteiger partial charge in [-0.2, -0.15) is 0 Å². The quantitative estimate of drug-likeness (QED) is 0.370. The topological polar surface area (TPSA) is 75.2 Å². The lowest BCUT2D eigenvalue weighted by molar-refractivity contribution is 0.318. The molecule has 0 unspecified atom stereocenters. The molecule has 0 aliphatic rings. The molecule has 0 saturated carbocycles. The normalized spacial score (nSPS) is 10.7. The van der Waals surface area contributed by atoms with Crippen LogP contribution in [0.3, 0.4) is 0 Å². The molecule has 2 aromatic carbocycles. The minimum atomic E-state index is -0.277. The van der Waals surface area contributed by atoms with Gasteiger partial charge in [-0.25, -0.2) is 9.07 Å². The third-order valence-electron chi connectivity index (χ3n) is 3.61. The summed E-state index contributed by atoms with van der Waals surface area (Å²) in [4.78, 5) is 0. The Morgan fingerprint density at radius 3 is 2.65 bits per heavy atom. The standard InChI is InChI=1S/C18H19FN4O2S/c1-24-16-6-3-2-5-15(16)17-21-22-18(23(17)20)26-12-4-11-25-14-9-7-13(19)8-10-14/h2-3,5-10H,4,11-12,20H2,1H3. The number of nitrogen functional groups attached to an aromatic ring is 1. The molecule has 0 fully saturated rings. The lowest BCUT2D eigenvalue weighted by atomic mass is 10.2. The maximum Gasteiger partial charge on any atom is 0.210 e. The summed E-state index contributed by atoms with van der Waals surface area (Å²) in [6.45, 7) is 0.525. The largest absolute Gasteiger partial charge is 0.496 e. The summed E-state index contributed by atoms with van der Waals surface area (Å²) < 4.78 is 25.2. The van der Waals surface area contributed by atoms with Crippen molar-refractivity contribution in [3.63, 3.8) is 0 Å². The zero-order chi connectivity index (χ0) is 18.4. The summed E-state index contributed by atoms with van der Waals surface area (Å²) in [5.41, 5.74) is 0.788. The Morgan fingerprint density at radius 1 is 1.12 bits per heavy atom. The molecule has 0 spiro atoms. The van der Waals surface area contributed by atoms with Crippen molar-refractivity contribution in [3.8, 4) is 22.9 Å². The molecule has 0 amide bonds. The molecule has 0 aliphatic heterocycles. The van der Waals surface area contributed by atoms with Crippen LogP contribution in [0.1, 0.15) is 6.42 Å². The molecule has 0 bridgehead atoms. The fourth-order valence-corrected chi connectivity index (χ4v) is 3.10. The van der Waals surface area contributed by atoms with Gasteiger partial charge in [0.2, 0.25) is 5.16 Å². The number of hydrogen-bond acceptors (Lipinski definition) is 6. The Balaban J connectivity index is 1.53. The van der Waals surface area contributed by atoms with Crippen LogP contribution in [0.25, 0.3) is 11.4 Å². The van der Waals surface area contributed by atoms with Crippen molar-refractivity contribution >= 4 is 11.8 Å². The van der Waals surface area contributed by atoms with E-state index in [1.165, 1.54) is 28.6 Å². The van der Waals surface area contributed by atoms with Crippen molar-refractivity contribution in [1.82, 2.24) is 14.9 Å². The van der Waals surface area contributed by atoms with E-state index >= 15 is 0 Å². The molecule has 0 aliphatic carbocycles. The fraction of sp³-hybridized carbons (Fsp3) is 0.222. The van der Waals surface area contributed by atoms with Crippen LogP contribution in [0.5, 0.6) is 11.5 Å². The number of nitrogens with zero attached hydrogens (tertiary/aromatic N) is 3. The minimum Gasteiger partial charge on any atom is -0.496 e. The number of aromatic nitrogens is 3. The molecule has 3 rings (SSSR count). The van der Waals surface area contributed by atoms with Gasteiger partial charge in [0.05, 0.1) is 19.3 Å². The second kappa shape index (κ2) is 8.57. The highest BCUT2D eigenvalue weighted by atomic mass is 32.2. The molecule has 8 heteroatoms. The molecule has 1 heterocycles. The van der Waals surface area contributed by atoms with Crippen LogP contribution in [0.4, 0.5) is 4.39 Å². The zero-order valence-electron chi connectivity index (χ0n) is 14.3. The number of nitrogens with two attached hydrogens (primary N) is 1. The lowest BCUT2D eigenvalue weighted by Crippen LogP contribution is -2.12. The Morgan fingerprint density at radius 2 is 1.88 bits per heavy atom. The van der Waals surface area contributed by atoms with Gasteiger partial charge < -0.3 is 15.3 Å². The molecule has 0 saturated heterocycles. The second-order valence-corrected chi connectivity index (χ2v) is 6.44. The van der Waals surface area contributed by atoms with Crippen LogP contribution in [0.2, 0.25) is 0 Å². The number of rotatable bonds is 8. The molecule has 0 radical (unpaired) electrons. The van der Waals surface area contributed by atoms with Crippen LogP contribution in [0, 0.1) is 5.82 Å². The number of halogens is 1. The van der Waals surface area contributed by atoms with E-state index in [0.717, 1.165) is 17.7 Å². The van der Waals surface area contributed by atoms with E-state index in [4.69, 9.17) is 15.3 Å². The van der Waals surface area contributed by atoms with Crippen LogP contribution in [-0.2, 0) is 0 Å². The third kappa shape index (κ3) is 4.26. The van der Waals surface area contributed by atoms with Crippen LogP contribution in [0.15, 0.2) is 53.7 Å². The highest BCUT2D eigenvalue weighted by molar-refractivity contribution is 7.99. The summed E-state index contributed by atoms with van der Waals surface area (Å²) in [6.07, 6.45) is 0.791. The Hall–Kier alpha value is -2.74. The van der Waals surface area contributed by atoms with Gasteiger partial charge in [-0.15, -0.1) is 10.2 Å². The Kier molecular flexibility index (Phi) is 5.96. The summed E-state index contributed by atoms with van der Waals surface area (Å²) in [7, 11) is 1.60. The van der Waals surface area contributed by atoms with Gasteiger partial charge in [-0.05, 0) is 42.8 Å². The monoisotopic (exact) mass is 374 g/mol. The number of thioether (sulfide) groups is 1. The van der Waals surface area contributed by atoms with E-state index in [-0.39, 0.29) is 5.82 Å². The molecule has 0 atom stereocenters. The molecule has 3 aromatic rings. The van der Waals surface area contributed by atoms with E-state index in [9.17, 15) is 4.39 Å². The van der Waals surface area contributed by atoms with Gasteiger partial charge in [0.15, 0.2) is 5.82 Å². The van der Waals surface area contributed by atoms with Crippen LogP contribution >= 0.6 is 11.8 Å². The number of ether oxygens (including phenoxy) is 2. The predicted octanol–water partition coefficient (Wildman–Crippen LogP) is 3.37. The molecule has 6 nitrogen and oxygen atoms in total. The third-order valence-corrected chi connectivity index (χ3v) is 4.64. The maximum atomic E-state index is 12.8. The highest BCUT2D eigenvalue weighted by Gasteiger charge is 2.15. The molecule has 26 heavy (non-hydrogen) atoms. The molecule has 2 N–H and O–H groups in total.